The van der Waals surface area contributed by atoms with Gasteiger partial charge in [-0.3, -0.25) is 4.40 Å². The average Bonchev–Trinajstić information content (AvgIpc) is 3.70. The highest BCUT2D eigenvalue weighted by atomic mass is 79.9. The van der Waals surface area contributed by atoms with E-state index in [1.54, 1.807) is 0 Å². The summed E-state index contributed by atoms with van der Waals surface area (Å²) in [6, 6.07) is 27.1. The van der Waals surface area contributed by atoms with Crippen LogP contribution in [0, 0.1) is 22.7 Å². The highest BCUT2D eigenvalue weighted by Crippen LogP contribution is 2.36. The maximum absolute atomic E-state index is 8.98. The summed E-state index contributed by atoms with van der Waals surface area (Å²) in [7, 11) is -0.416. The molecule has 1 aliphatic rings. The van der Waals surface area contributed by atoms with Crippen LogP contribution in [0.5, 0.6) is 0 Å². The summed E-state index contributed by atoms with van der Waals surface area (Å²) in [4.78, 5) is 8.83. The quantitative estimate of drug-likeness (QED) is 0.197. The van der Waals surface area contributed by atoms with Gasteiger partial charge in [0.2, 0.25) is 0 Å². The molecule has 0 bridgehead atoms. The van der Waals surface area contributed by atoms with Crippen molar-refractivity contribution in [1.82, 2.24) is 18.8 Å². The van der Waals surface area contributed by atoms with Gasteiger partial charge < -0.3 is 13.7 Å². The van der Waals surface area contributed by atoms with Crippen molar-refractivity contribution in [2.24, 2.45) is 0 Å². The van der Waals surface area contributed by atoms with Crippen LogP contribution in [0.25, 0.3) is 33.8 Å². The van der Waals surface area contributed by atoms with Gasteiger partial charge in [-0.15, -0.1) is 0 Å². The molecule has 0 radical (unpaired) electrons. The zero-order chi connectivity index (χ0) is 31.1. The van der Waals surface area contributed by atoms with Gasteiger partial charge in [0.15, 0.2) is 0 Å². The van der Waals surface area contributed by atoms with Gasteiger partial charge in [-0.1, -0.05) is 30.3 Å². The lowest BCUT2D eigenvalue weighted by Gasteiger charge is -2.32. The Balaban J connectivity index is 0.000000167. The fraction of sp³-hybridized carbons (Fsp3) is 0.176. The van der Waals surface area contributed by atoms with Gasteiger partial charge in [0.1, 0.15) is 11.3 Å². The molecule has 44 heavy (non-hydrogen) atoms. The lowest BCUT2D eigenvalue weighted by Crippen LogP contribution is -2.41. The molecule has 0 unspecified atom stereocenters. The lowest BCUT2D eigenvalue weighted by atomic mass is 9.80. The molecule has 5 heterocycles. The predicted molar refractivity (Wildman–Crippen MR) is 174 cm³/mol. The van der Waals surface area contributed by atoms with E-state index in [-0.39, 0.29) is 11.2 Å². The molecule has 216 valence electrons. The third kappa shape index (κ3) is 5.52. The molecule has 0 aliphatic carbocycles. The number of nitrogens with zero attached hydrogens (tertiary/aromatic N) is 6. The summed E-state index contributed by atoms with van der Waals surface area (Å²) in [5, 5.41) is 17.8. The molecule has 0 atom stereocenters. The van der Waals surface area contributed by atoms with Crippen LogP contribution in [0.2, 0.25) is 0 Å². The Bertz CT molecular complexity index is 2050. The van der Waals surface area contributed by atoms with E-state index in [4.69, 9.17) is 19.8 Å². The first-order chi connectivity index (χ1) is 21.1. The summed E-state index contributed by atoms with van der Waals surface area (Å²) in [5.74, 6) is 0. The smallest absolute Gasteiger partial charge is 0.399 e. The van der Waals surface area contributed by atoms with E-state index >= 15 is 0 Å². The molecule has 8 nitrogen and oxygen atoms in total. The van der Waals surface area contributed by atoms with E-state index in [0.29, 0.717) is 11.1 Å². The van der Waals surface area contributed by atoms with Crippen LogP contribution in [0.1, 0.15) is 38.8 Å². The minimum atomic E-state index is -0.416. The van der Waals surface area contributed by atoms with E-state index in [9.17, 15) is 0 Å². The largest absolute Gasteiger partial charge is 0.496 e. The van der Waals surface area contributed by atoms with Gasteiger partial charge in [-0.25, -0.2) is 9.97 Å². The molecule has 0 amide bonds. The highest BCUT2D eigenvalue weighted by molar-refractivity contribution is 9.10. The monoisotopic (exact) mass is 642 g/mol. The Labute approximate surface area is 264 Å². The first-order valence-electron chi connectivity index (χ1n) is 14.0. The minimum Gasteiger partial charge on any atom is -0.399 e. The number of fused-ring (bicyclic) bond motifs is 2. The van der Waals surface area contributed by atoms with Crippen LogP contribution >= 0.6 is 15.9 Å². The number of hydrogen-bond donors (Lipinski definition) is 0. The first-order valence-corrected chi connectivity index (χ1v) is 14.8. The van der Waals surface area contributed by atoms with Crippen molar-refractivity contribution < 1.29 is 9.31 Å². The number of nitriles is 2. The maximum Gasteiger partial charge on any atom is 0.496 e. The first kappa shape index (κ1) is 29.3. The molecule has 1 fully saturated rings. The van der Waals surface area contributed by atoms with Crippen molar-refractivity contribution in [3.05, 3.63) is 113 Å². The van der Waals surface area contributed by atoms with Gasteiger partial charge in [0, 0.05) is 28.0 Å². The van der Waals surface area contributed by atoms with E-state index in [2.05, 4.69) is 38.0 Å². The van der Waals surface area contributed by atoms with Crippen LogP contribution < -0.4 is 5.46 Å². The number of pyridine rings is 2. The topological polar surface area (TPSA) is 101 Å². The Morgan fingerprint density at radius 3 is 1.59 bits per heavy atom. The summed E-state index contributed by atoms with van der Waals surface area (Å²) >= 11 is 3.45. The number of rotatable bonds is 3. The van der Waals surface area contributed by atoms with E-state index in [0.717, 1.165) is 43.7 Å². The lowest BCUT2D eigenvalue weighted by molar-refractivity contribution is 0.00578. The number of aromatic nitrogens is 4. The maximum atomic E-state index is 8.98. The van der Waals surface area contributed by atoms with Crippen molar-refractivity contribution in [3.63, 3.8) is 0 Å². The summed E-state index contributed by atoms with van der Waals surface area (Å²) < 4.78 is 17.4. The van der Waals surface area contributed by atoms with Gasteiger partial charge in [-0.2, -0.15) is 10.5 Å². The van der Waals surface area contributed by atoms with Gasteiger partial charge in [-0.05, 0) is 91.6 Å². The second kappa shape index (κ2) is 11.4. The second-order valence-electron chi connectivity index (χ2n) is 11.5. The fourth-order valence-electron chi connectivity index (χ4n) is 4.93. The molecule has 0 N–H and O–H groups in total. The third-order valence-electron chi connectivity index (χ3n) is 8.14. The van der Waals surface area contributed by atoms with Gasteiger partial charge in [0.05, 0.1) is 58.2 Å². The molecular weight excluding hydrogens is 615 g/mol. The molecule has 1 saturated heterocycles. The standard InChI is InChI=1S/C20H20BN3O2.C14H8BrN3/c1-19(2)20(3,4)26-21(25-19)16-9-10-18-23-12-17(24(18)13-16)15-7-5-14(11-22)6-8-15;15-12-5-6-14-17-8-13(18(14)9-12)11-3-1-10(7-16)2-4-11/h5-10,12-13H,1-4H3;1-6,8-9H. The summed E-state index contributed by atoms with van der Waals surface area (Å²) in [6.45, 7) is 8.19. The number of hydrogen-bond acceptors (Lipinski definition) is 6. The minimum absolute atomic E-state index is 0.377. The molecule has 6 aromatic rings. The zero-order valence-electron chi connectivity index (χ0n) is 24.7. The van der Waals surface area contributed by atoms with E-state index in [1.165, 1.54) is 0 Å². The number of halogens is 1. The SMILES string of the molecule is CC1(C)OB(c2ccc3ncc(-c4ccc(C#N)cc4)n3c2)OC1(C)C.N#Cc1ccc(-c2cnc3ccc(Br)cn23)cc1. The Kier molecular flexibility index (Phi) is 7.60. The fourth-order valence-corrected chi connectivity index (χ4v) is 5.27. The zero-order valence-corrected chi connectivity index (χ0v) is 26.3. The van der Waals surface area contributed by atoms with Crippen molar-refractivity contribution in [1.29, 1.82) is 10.5 Å². The van der Waals surface area contributed by atoms with Crippen LogP contribution in [0.15, 0.2) is 102 Å². The Hall–Kier alpha value is -4.74. The molecule has 10 heteroatoms. The second-order valence-corrected chi connectivity index (χ2v) is 12.4. The number of imidazole rings is 2. The van der Waals surface area contributed by atoms with Gasteiger partial charge >= 0.3 is 7.12 Å². The Morgan fingerprint density at radius 2 is 1.11 bits per heavy atom. The molecule has 7 rings (SSSR count). The van der Waals surface area contributed by atoms with E-state index < -0.39 is 7.12 Å². The normalized spacial score (nSPS) is 15.0. The van der Waals surface area contributed by atoms with Crippen LogP contribution in [0.3, 0.4) is 0 Å². The predicted octanol–water partition coefficient (Wildman–Crippen LogP) is 6.81. The van der Waals surface area contributed by atoms with Crippen LogP contribution in [0.4, 0.5) is 0 Å². The molecule has 4 aromatic heterocycles. The number of benzene rings is 2. The van der Waals surface area contributed by atoms with Crippen molar-refractivity contribution in [3.8, 4) is 34.7 Å². The van der Waals surface area contributed by atoms with Crippen molar-refractivity contribution >= 4 is 39.8 Å². The molecule has 0 saturated carbocycles. The molecule has 0 spiro atoms. The van der Waals surface area contributed by atoms with Gasteiger partial charge in [0.25, 0.3) is 0 Å². The van der Waals surface area contributed by atoms with E-state index in [1.807, 2.05) is 134 Å². The summed E-state index contributed by atoms with van der Waals surface area (Å²) in [6.07, 6.45) is 7.67. The summed E-state index contributed by atoms with van der Waals surface area (Å²) in [5.41, 5.74) is 7.26. The van der Waals surface area contributed by atoms with Crippen LogP contribution in [-0.2, 0) is 9.31 Å². The molecule has 2 aromatic carbocycles. The Morgan fingerprint density at radius 1 is 0.659 bits per heavy atom. The molecule has 1 aliphatic heterocycles. The highest BCUT2D eigenvalue weighted by Gasteiger charge is 2.51. The average molecular weight is 643 g/mol. The van der Waals surface area contributed by atoms with Crippen LogP contribution in [-0.4, -0.2) is 37.1 Å². The third-order valence-corrected chi connectivity index (χ3v) is 8.61. The molecular formula is C34H28BBrN6O2. The van der Waals surface area contributed by atoms with Crippen molar-refractivity contribution in [2.75, 3.05) is 0 Å². The van der Waals surface area contributed by atoms with Crippen molar-refractivity contribution in [2.45, 2.75) is 38.9 Å².